The van der Waals surface area contributed by atoms with Crippen LogP contribution in [0.4, 0.5) is 0 Å². The van der Waals surface area contributed by atoms with E-state index < -0.39 is 0 Å². The second-order valence-corrected chi connectivity index (χ2v) is 6.48. The highest BCUT2D eigenvalue weighted by atomic mass is 35.5. The molecule has 1 amide bonds. The van der Waals surface area contributed by atoms with Crippen molar-refractivity contribution in [3.63, 3.8) is 0 Å². The first kappa shape index (κ1) is 17.2. The molecule has 3 aromatic rings. The molecule has 0 radical (unpaired) electrons. The van der Waals surface area contributed by atoms with Crippen molar-refractivity contribution >= 4 is 17.5 Å². The Labute approximate surface area is 153 Å². The summed E-state index contributed by atoms with van der Waals surface area (Å²) in [6, 6.07) is 27.1. The van der Waals surface area contributed by atoms with E-state index in [1.165, 1.54) is 0 Å². The Balaban J connectivity index is 1.87. The van der Waals surface area contributed by atoms with E-state index in [-0.39, 0.29) is 17.9 Å². The predicted octanol–water partition coefficient (Wildman–Crippen LogP) is 5.35. The minimum atomic E-state index is -0.343. The van der Waals surface area contributed by atoms with Gasteiger partial charge in [0.25, 0.3) is 0 Å². The number of carbonyl (C=O) groups excluding carboxylic acids is 1. The molecule has 0 unspecified atom stereocenters. The molecule has 0 spiro atoms. The van der Waals surface area contributed by atoms with Crippen LogP contribution in [-0.2, 0) is 4.79 Å². The van der Waals surface area contributed by atoms with Crippen LogP contribution in [0.2, 0.25) is 5.02 Å². The SMILES string of the molecule is C[C@H](NC(=O)C(c1ccccc1)c1ccccc1)c1cccc(Cl)c1. The number of carbonyl (C=O) groups is 1. The smallest absolute Gasteiger partial charge is 0.232 e. The summed E-state index contributed by atoms with van der Waals surface area (Å²) in [5.74, 6) is -0.367. The molecule has 0 saturated heterocycles. The van der Waals surface area contributed by atoms with E-state index in [9.17, 15) is 4.79 Å². The van der Waals surface area contributed by atoms with Gasteiger partial charge in [0.15, 0.2) is 0 Å². The largest absolute Gasteiger partial charge is 0.349 e. The van der Waals surface area contributed by atoms with E-state index >= 15 is 0 Å². The van der Waals surface area contributed by atoms with Gasteiger partial charge in [0, 0.05) is 5.02 Å². The third-order valence-electron chi connectivity index (χ3n) is 4.24. The Bertz CT molecular complexity index is 793. The van der Waals surface area contributed by atoms with Crippen LogP contribution < -0.4 is 5.32 Å². The summed E-state index contributed by atoms with van der Waals surface area (Å²) < 4.78 is 0. The molecule has 25 heavy (non-hydrogen) atoms. The van der Waals surface area contributed by atoms with Gasteiger partial charge < -0.3 is 5.32 Å². The quantitative estimate of drug-likeness (QED) is 0.661. The molecule has 0 fully saturated rings. The van der Waals surface area contributed by atoms with Crippen molar-refractivity contribution in [1.29, 1.82) is 0 Å². The van der Waals surface area contributed by atoms with Crippen molar-refractivity contribution in [1.82, 2.24) is 5.32 Å². The topological polar surface area (TPSA) is 29.1 Å². The van der Waals surface area contributed by atoms with Crippen LogP contribution in [-0.4, -0.2) is 5.91 Å². The van der Waals surface area contributed by atoms with Gasteiger partial charge in [-0.25, -0.2) is 0 Å². The first-order chi connectivity index (χ1) is 12.1. The average molecular weight is 350 g/mol. The Morgan fingerprint density at radius 2 is 1.32 bits per heavy atom. The van der Waals surface area contributed by atoms with Gasteiger partial charge in [-0.2, -0.15) is 0 Å². The van der Waals surface area contributed by atoms with Crippen LogP contribution in [0.25, 0.3) is 0 Å². The molecule has 1 N–H and O–H groups in total. The lowest BCUT2D eigenvalue weighted by Gasteiger charge is -2.21. The summed E-state index contributed by atoms with van der Waals surface area (Å²) in [6.07, 6.45) is 0. The molecule has 0 saturated carbocycles. The summed E-state index contributed by atoms with van der Waals surface area (Å²) in [5.41, 5.74) is 2.94. The molecular weight excluding hydrogens is 330 g/mol. The van der Waals surface area contributed by atoms with E-state index in [1.807, 2.05) is 91.9 Å². The zero-order valence-electron chi connectivity index (χ0n) is 14.0. The monoisotopic (exact) mass is 349 g/mol. The van der Waals surface area contributed by atoms with Crippen molar-refractivity contribution < 1.29 is 4.79 Å². The summed E-state index contributed by atoms with van der Waals surface area (Å²) in [7, 11) is 0. The first-order valence-corrected chi connectivity index (χ1v) is 8.68. The van der Waals surface area contributed by atoms with Gasteiger partial charge in [-0.15, -0.1) is 0 Å². The maximum Gasteiger partial charge on any atom is 0.232 e. The molecule has 0 aliphatic carbocycles. The van der Waals surface area contributed by atoms with E-state index in [2.05, 4.69) is 5.32 Å². The summed E-state index contributed by atoms with van der Waals surface area (Å²) in [5, 5.41) is 3.79. The number of nitrogens with one attached hydrogen (secondary N) is 1. The lowest BCUT2D eigenvalue weighted by molar-refractivity contribution is -0.122. The zero-order chi connectivity index (χ0) is 17.6. The van der Waals surface area contributed by atoms with Crippen LogP contribution in [0.3, 0.4) is 0 Å². The lowest BCUT2D eigenvalue weighted by atomic mass is 9.90. The lowest BCUT2D eigenvalue weighted by Crippen LogP contribution is -2.32. The van der Waals surface area contributed by atoms with Gasteiger partial charge in [-0.05, 0) is 35.7 Å². The normalized spacial score (nSPS) is 12.0. The molecule has 0 aliphatic heterocycles. The van der Waals surface area contributed by atoms with Crippen molar-refractivity contribution in [3.05, 3.63) is 107 Å². The maximum atomic E-state index is 13.1. The molecule has 3 aromatic carbocycles. The van der Waals surface area contributed by atoms with Crippen LogP contribution in [0.5, 0.6) is 0 Å². The second kappa shape index (κ2) is 8.00. The van der Waals surface area contributed by atoms with Crippen molar-refractivity contribution in [2.24, 2.45) is 0 Å². The number of hydrogen-bond acceptors (Lipinski definition) is 1. The van der Waals surface area contributed by atoms with E-state index in [1.54, 1.807) is 0 Å². The standard InChI is InChI=1S/C22H20ClNO/c1-16(19-13-8-14-20(23)15-19)24-22(25)21(17-9-4-2-5-10-17)18-11-6-3-7-12-18/h2-16,21H,1H3,(H,24,25)/t16-/m0/s1. The highest BCUT2D eigenvalue weighted by Crippen LogP contribution is 2.26. The minimum absolute atomic E-state index is 0.0233. The van der Waals surface area contributed by atoms with Crippen LogP contribution in [0, 0.1) is 0 Å². The maximum absolute atomic E-state index is 13.1. The number of hydrogen-bond donors (Lipinski definition) is 1. The van der Waals surface area contributed by atoms with Crippen molar-refractivity contribution in [3.8, 4) is 0 Å². The van der Waals surface area contributed by atoms with Gasteiger partial charge >= 0.3 is 0 Å². The fourth-order valence-corrected chi connectivity index (χ4v) is 3.14. The van der Waals surface area contributed by atoms with E-state index in [0.29, 0.717) is 5.02 Å². The molecule has 0 aliphatic rings. The van der Waals surface area contributed by atoms with Gasteiger partial charge in [-0.1, -0.05) is 84.4 Å². The molecule has 2 nitrogen and oxygen atoms in total. The minimum Gasteiger partial charge on any atom is -0.349 e. The van der Waals surface area contributed by atoms with E-state index in [4.69, 9.17) is 11.6 Å². The third-order valence-corrected chi connectivity index (χ3v) is 4.47. The van der Waals surface area contributed by atoms with Crippen molar-refractivity contribution in [2.45, 2.75) is 18.9 Å². The molecule has 3 rings (SSSR count). The van der Waals surface area contributed by atoms with Gasteiger partial charge in [0.05, 0.1) is 12.0 Å². The molecule has 0 heterocycles. The van der Waals surface area contributed by atoms with E-state index in [0.717, 1.165) is 16.7 Å². The average Bonchev–Trinajstić information content (AvgIpc) is 2.63. The number of rotatable bonds is 5. The van der Waals surface area contributed by atoms with Gasteiger partial charge in [0.1, 0.15) is 0 Å². The molecule has 1 atom stereocenters. The van der Waals surface area contributed by atoms with Crippen molar-refractivity contribution in [2.75, 3.05) is 0 Å². The zero-order valence-corrected chi connectivity index (χ0v) is 14.8. The Morgan fingerprint density at radius 1 is 0.800 bits per heavy atom. The fraction of sp³-hybridized carbons (Fsp3) is 0.136. The molecular formula is C22H20ClNO. The molecule has 3 heteroatoms. The number of benzene rings is 3. The summed E-state index contributed by atoms with van der Waals surface area (Å²) in [4.78, 5) is 13.1. The Morgan fingerprint density at radius 3 is 1.84 bits per heavy atom. The van der Waals surface area contributed by atoms with Crippen LogP contribution in [0.1, 0.15) is 35.6 Å². The van der Waals surface area contributed by atoms with Crippen LogP contribution >= 0.6 is 11.6 Å². The summed E-state index contributed by atoms with van der Waals surface area (Å²) >= 11 is 6.07. The molecule has 126 valence electrons. The Hall–Kier alpha value is -2.58. The Kier molecular flexibility index (Phi) is 5.52. The number of halogens is 1. The van der Waals surface area contributed by atoms with Gasteiger partial charge in [-0.3, -0.25) is 4.79 Å². The second-order valence-electron chi connectivity index (χ2n) is 6.04. The fourth-order valence-electron chi connectivity index (χ4n) is 2.94. The number of amides is 1. The predicted molar refractivity (Wildman–Crippen MR) is 103 cm³/mol. The van der Waals surface area contributed by atoms with Gasteiger partial charge in [0.2, 0.25) is 5.91 Å². The first-order valence-electron chi connectivity index (χ1n) is 8.31. The third kappa shape index (κ3) is 4.28. The summed E-state index contributed by atoms with van der Waals surface area (Å²) in [6.45, 7) is 1.97. The molecule has 0 bridgehead atoms. The van der Waals surface area contributed by atoms with Crippen LogP contribution in [0.15, 0.2) is 84.9 Å². The highest BCUT2D eigenvalue weighted by molar-refractivity contribution is 6.30. The molecule has 0 aromatic heterocycles. The highest BCUT2D eigenvalue weighted by Gasteiger charge is 2.24.